The van der Waals surface area contributed by atoms with Gasteiger partial charge >= 0.3 is 0 Å². The lowest BCUT2D eigenvalue weighted by Gasteiger charge is -2.05. The van der Waals surface area contributed by atoms with Crippen LogP contribution in [0.2, 0.25) is 0 Å². The molecule has 0 N–H and O–H groups in total. The Hall–Kier alpha value is -1.84. The number of aryl methyl sites for hydroxylation is 1. The smallest absolute Gasteiger partial charge is 0.179 e. The van der Waals surface area contributed by atoms with Crippen molar-refractivity contribution in [2.75, 3.05) is 11.5 Å². The highest BCUT2D eigenvalue weighted by Crippen LogP contribution is 2.22. The Kier molecular flexibility index (Phi) is 4.99. The van der Waals surface area contributed by atoms with Crippen LogP contribution in [0.4, 0.5) is 0 Å². The van der Waals surface area contributed by atoms with Gasteiger partial charge in [0.05, 0.1) is 16.2 Å². The first-order valence-corrected chi connectivity index (χ1v) is 8.94. The molecule has 0 bridgehead atoms. The number of benzene rings is 1. The van der Waals surface area contributed by atoms with E-state index in [1.165, 1.54) is 11.8 Å². The molecule has 0 saturated carbocycles. The molecule has 0 fully saturated rings. The van der Waals surface area contributed by atoms with Crippen LogP contribution in [0, 0.1) is 18.3 Å². The van der Waals surface area contributed by atoms with Gasteiger partial charge in [-0.25, -0.2) is 13.4 Å². The number of nitrogens with zero attached hydrogens (tertiary/aromatic N) is 2. The second-order valence-electron chi connectivity index (χ2n) is 4.46. The number of hydrogen-bond acceptors (Lipinski definition) is 5. The third-order valence-corrected chi connectivity index (χ3v) is 5.80. The van der Waals surface area contributed by atoms with Crippen LogP contribution in [0.5, 0.6) is 0 Å². The van der Waals surface area contributed by atoms with Gasteiger partial charge in [-0.05, 0) is 30.7 Å². The van der Waals surface area contributed by atoms with E-state index in [2.05, 4.69) is 11.1 Å². The first kappa shape index (κ1) is 15.5. The summed E-state index contributed by atoms with van der Waals surface area (Å²) in [6.45, 7) is 1.86. The number of sulfone groups is 1. The zero-order valence-corrected chi connectivity index (χ0v) is 13.1. The highest BCUT2D eigenvalue weighted by Gasteiger charge is 2.14. The summed E-state index contributed by atoms with van der Waals surface area (Å²) in [6, 6.07) is 12.2. The third kappa shape index (κ3) is 4.06. The van der Waals surface area contributed by atoms with Gasteiger partial charge in [0.15, 0.2) is 9.84 Å². The van der Waals surface area contributed by atoms with Crippen molar-refractivity contribution in [3.63, 3.8) is 0 Å². The van der Waals surface area contributed by atoms with Gasteiger partial charge in [-0.1, -0.05) is 18.2 Å². The maximum Gasteiger partial charge on any atom is 0.179 e. The Bertz CT molecular complexity index is 766. The summed E-state index contributed by atoms with van der Waals surface area (Å²) in [5, 5.41) is 9.63. The molecule has 0 saturated heterocycles. The van der Waals surface area contributed by atoms with Gasteiger partial charge in [-0.2, -0.15) is 5.26 Å². The minimum absolute atomic E-state index is 0.0160. The molecule has 2 aromatic rings. The van der Waals surface area contributed by atoms with Crippen LogP contribution in [0.3, 0.4) is 0 Å². The van der Waals surface area contributed by atoms with Crippen molar-refractivity contribution in [2.24, 2.45) is 0 Å². The van der Waals surface area contributed by atoms with Crippen LogP contribution in [0.15, 0.2) is 52.5 Å². The van der Waals surface area contributed by atoms with E-state index < -0.39 is 9.84 Å². The standard InChI is InChI=1S/C15H14N2O2S2/c1-12-9-13(10-16)15(17-11-12)20-7-8-21(18,19)14-5-3-2-4-6-14/h2-6,9,11H,7-8H2,1H3. The Morgan fingerprint density at radius 2 is 2.00 bits per heavy atom. The Labute approximate surface area is 128 Å². The molecule has 0 amide bonds. The summed E-state index contributed by atoms with van der Waals surface area (Å²) in [4.78, 5) is 4.51. The Morgan fingerprint density at radius 1 is 1.29 bits per heavy atom. The molecule has 108 valence electrons. The second-order valence-corrected chi connectivity index (χ2v) is 7.65. The summed E-state index contributed by atoms with van der Waals surface area (Å²) in [7, 11) is -3.29. The highest BCUT2D eigenvalue weighted by atomic mass is 32.2. The number of nitriles is 1. The van der Waals surface area contributed by atoms with Crippen molar-refractivity contribution in [3.05, 3.63) is 53.7 Å². The van der Waals surface area contributed by atoms with E-state index in [4.69, 9.17) is 5.26 Å². The van der Waals surface area contributed by atoms with Crippen molar-refractivity contribution in [1.29, 1.82) is 5.26 Å². The lowest BCUT2D eigenvalue weighted by atomic mass is 10.2. The van der Waals surface area contributed by atoms with E-state index in [1.54, 1.807) is 42.6 Å². The fraction of sp³-hybridized carbons (Fsp3) is 0.200. The SMILES string of the molecule is Cc1cnc(SCCS(=O)(=O)c2ccccc2)c(C#N)c1. The van der Waals surface area contributed by atoms with Crippen LogP contribution in [0.25, 0.3) is 0 Å². The van der Waals surface area contributed by atoms with Gasteiger partial charge < -0.3 is 0 Å². The lowest BCUT2D eigenvalue weighted by Crippen LogP contribution is -2.09. The minimum atomic E-state index is -3.29. The van der Waals surface area contributed by atoms with Gasteiger partial charge in [-0.15, -0.1) is 11.8 Å². The Morgan fingerprint density at radius 3 is 2.67 bits per heavy atom. The number of aromatic nitrogens is 1. The van der Waals surface area contributed by atoms with Gasteiger partial charge in [-0.3, -0.25) is 0 Å². The molecule has 1 aromatic heterocycles. The van der Waals surface area contributed by atoms with E-state index in [-0.39, 0.29) is 5.75 Å². The fourth-order valence-corrected chi connectivity index (χ4v) is 4.34. The summed E-state index contributed by atoms with van der Waals surface area (Å²) >= 11 is 1.29. The predicted molar refractivity (Wildman–Crippen MR) is 82.9 cm³/mol. The summed E-state index contributed by atoms with van der Waals surface area (Å²) in [5.41, 5.74) is 1.39. The molecule has 6 heteroatoms. The molecule has 0 atom stereocenters. The average Bonchev–Trinajstić information content (AvgIpc) is 2.49. The van der Waals surface area contributed by atoms with Crippen molar-refractivity contribution in [3.8, 4) is 6.07 Å². The topological polar surface area (TPSA) is 70.8 Å². The van der Waals surface area contributed by atoms with E-state index in [0.29, 0.717) is 21.2 Å². The highest BCUT2D eigenvalue weighted by molar-refractivity contribution is 8.00. The minimum Gasteiger partial charge on any atom is -0.248 e. The molecule has 0 aliphatic rings. The second kappa shape index (κ2) is 6.74. The predicted octanol–water partition coefficient (Wildman–Crippen LogP) is 2.83. The van der Waals surface area contributed by atoms with Crippen LogP contribution < -0.4 is 0 Å². The van der Waals surface area contributed by atoms with E-state index in [0.717, 1.165) is 5.56 Å². The fourth-order valence-electron chi connectivity index (χ4n) is 1.75. The van der Waals surface area contributed by atoms with Gasteiger partial charge in [0.25, 0.3) is 0 Å². The molecule has 0 aliphatic heterocycles. The van der Waals surface area contributed by atoms with Gasteiger partial charge in [0.1, 0.15) is 11.1 Å². The Balaban J connectivity index is 2.04. The molecule has 1 aromatic carbocycles. The van der Waals surface area contributed by atoms with Crippen LogP contribution in [0.1, 0.15) is 11.1 Å². The molecular weight excluding hydrogens is 304 g/mol. The molecule has 0 unspecified atom stereocenters. The maximum absolute atomic E-state index is 12.1. The van der Waals surface area contributed by atoms with E-state index >= 15 is 0 Å². The van der Waals surface area contributed by atoms with Crippen LogP contribution >= 0.6 is 11.8 Å². The van der Waals surface area contributed by atoms with Gasteiger partial charge in [0.2, 0.25) is 0 Å². The molecule has 0 spiro atoms. The monoisotopic (exact) mass is 318 g/mol. The number of rotatable bonds is 5. The molecule has 21 heavy (non-hydrogen) atoms. The molecule has 2 rings (SSSR count). The maximum atomic E-state index is 12.1. The lowest BCUT2D eigenvalue weighted by molar-refractivity contribution is 0.597. The number of hydrogen-bond donors (Lipinski definition) is 0. The van der Waals surface area contributed by atoms with Crippen molar-refractivity contribution < 1.29 is 8.42 Å². The third-order valence-electron chi connectivity index (χ3n) is 2.80. The molecule has 1 heterocycles. The normalized spacial score (nSPS) is 11.0. The zero-order chi connectivity index (χ0) is 15.3. The van der Waals surface area contributed by atoms with Crippen molar-refractivity contribution in [2.45, 2.75) is 16.8 Å². The van der Waals surface area contributed by atoms with E-state index in [1.807, 2.05) is 6.92 Å². The molecular formula is C15H14N2O2S2. The van der Waals surface area contributed by atoms with Gasteiger partial charge in [0, 0.05) is 11.9 Å². The largest absolute Gasteiger partial charge is 0.248 e. The van der Waals surface area contributed by atoms with E-state index in [9.17, 15) is 8.42 Å². The van der Waals surface area contributed by atoms with Crippen molar-refractivity contribution >= 4 is 21.6 Å². The molecule has 0 aliphatic carbocycles. The number of thioether (sulfide) groups is 1. The van der Waals surface area contributed by atoms with Crippen LogP contribution in [-0.4, -0.2) is 24.9 Å². The molecule has 4 nitrogen and oxygen atoms in total. The summed E-state index contributed by atoms with van der Waals surface area (Å²) in [5.74, 6) is 0.379. The summed E-state index contributed by atoms with van der Waals surface area (Å²) < 4.78 is 24.3. The zero-order valence-electron chi connectivity index (χ0n) is 11.5. The van der Waals surface area contributed by atoms with Crippen LogP contribution in [-0.2, 0) is 9.84 Å². The number of pyridine rings is 1. The quantitative estimate of drug-likeness (QED) is 0.793. The summed E-state index contributed by atoms with van der Waals surface area (Å²) in [6.07, 6.45) is 1.68. The average molecular weight is 318 g/mol. The first-order valence-electron chi connectivity index (χ1n) is 6.30. The molecule has 0 radical (unpaired) electrons. The first-order chi connectivity index (χ1) is 10.0. The van der Waals surface area contributed by atoms with Crippen molar-refractivity contribution in [1.82, 2.24) is 4.98 Å².